The highest BCUT2D eigenvalue weighted by Gasteiger charge is 2.10. The van der Waals surface area contributed by atoms with Crippen LogP contribution in [0.25, 0.3) is 11.3 Å². The Kier molecular flexibility index (Phi) is 4.85. The SMILES string of the molecule is Cc1nc(-c2ccccc2)ccc1C(=O)NCCCO. The fourth-order valence-corrected chi connectivity index (χ4v) is 1.95. The molecule has 4 nitrogen and oxygen atoms in total. The molecule has 2 N–H and O–H groups in total. The van der Waals surface area contributed by atoms with Crippen LogP contribution in [-0.4, -0.2) is 29.1 Å². The number of aryl methyl sites for hydroxylation is 1. The van der Waals surface area contributed by atoms with Crippen LogP contribution in [-0.2, 0) is 0 Å². The quantitative estimate of drug-likeness (QED) is 0.818. The van der Waals surface area contributed by atoms with E-state index in [1.165, 1.54) is 0 Å². The standard InChI is InChI=1S/C16H18N2O2/c1-12-14(16(20)17-10-5-11-19)8-9-15(18-12)13-6-3-2-4-7-13/h2-4,6-9,19H,5,10-11H2,1H3,(H,17,20). The summed E-state index contributed by atoms with van der Waals surface area (Å²) in [7, 11) is 0. The first kappa shape index (κ1) is 14.2. The van der Waals surface area contributed by atoms with Gasteiger partial charge in [-0.15, -0.1) is 0 Å². The van der Waals surface area contributed by atoms with Crippen molar-refractivity contribution in [2.75, 3.05) is 13.2 Å². The first-order valence-electron chi connectivity index (χ1n) is 6.64. The molecular formula is C16H18N2O2. The van der Waals surface area contributed by atoms with Crippen LogP contribution >= 0.6 is 0 Å². The van der Waals surface area contributed by atoms with E-state index in [4.69, 9.17) is 5.11 Å². The van der Waals surface area contributed by atoms with E-state index in [0.29, 0.717) is 24.2 Å². The van der Waals surface area contributed by atoms with Gasteiger partial charge in [-0.1, -0.05) is 30.3 Å². The molecule has 0 unspecified atom stereocenters. The number of aromatic nitrogens is 1. The van der Waals surface area contributed by atoms with E-state index >= 15 is 0 Å². The number of carbonyl (C=O) groups is 1. The van der Waals surface area contributed by atoms with Crippen molar-refractivity contribution in [1.29, 1.82) is 0 Å². The second-order valence-electron chi connectivity index (χ2n) is 4.53. The Bertz CT molecular complexity index is 582. The van der Waals surface area contributed by atoms with Gasteiger partial charge in [-0.25, -0.2) is 0 Å². The molecule has 0 atom stereocenters. The lowest BCUT2D eigenvalue weighted by Gasteiger charge is -2.08. The van der Waals surface area contributed by atoms with Crippen molar-refractivity contribution in [3.63, 3.8) is 0 Å². The van der Waals surface area contributed by atoms with E-state index in [1.54, 1.807) is 6.07 Å². The molecule has 1 aromatic carbocycles. The van der Waals surface area contributed by atoms with Gasteiger partial charge >= 0.3 is 0 Å². The van der Waals surface area contributed by atoms with E-state index in [9.17, 15) is 4.79 Å². The molecule has 2 aromatic rings. The number of amides is 1. The molecule has 0 fully saturated rings. The van der Waals surface area contributed by atoms with Gasteiger partial charge in [0.15, 0.2) is 0 Å². The first-order valence-corrected chi connectivity index (χ1v) is 6.64. The maximum absolute atomic E-state index is 12.0. The summed E-state index contributed by atoms with van der Waals surface area (Å²) in [4.78, 5) is 16.4. The van der Waals surface area contributed by atoms with Gasteiger partial charge < -0.3 is 10.4 Å². The minimum Gasteiger partial charge on any atom is -0.396 e. The summed E-state index contributed by atoms with van der Waals surface area (Å²) in [6.45, 7) is 2.37. The summed E-state index contributed by atoms with van der Waals surface area (Å²) < 4.78 is 0. The molecule has 0 bridgehead atoms. The molecular weight excluding hydrogens is 252 g/mol. The molecule has 0 saturated heterocycles. The van der Waals surface area contributed by atoms with Crippen LogP contribution in [0.2, 0.25) is 0 Å². The Morgan fingerprint density at radius 2 is 1.95 bits per heavy atom. The number of benzene rings is 1. The van der Waals surface area contributed by atoms with Gasteiger partial charge in [0.2, 0.25) is 0 Å². The molecule has 4 heteroatoms. The predicted octanol–water partition coefficient (Wildman–Crippen LogP) is 2.17. The van der Waals surface area contributed by atoms with Gasteiger partial charge in [0, 0.05) is 18.7 Å². The molecule has 1 heterocycles. The summed E-state index contributed by atoms with van der Waals surface area (Å²) in [6, 6.07) is 13.5. The van der Waals surface area contributed by atoms with Crippen molar-refractivity contribution in [3.05, 3.63) is 53.7 Å². The molecule has 0 spiro atoms. The molecule has 0 saturated carbocycles. The summed E-state index contributed by atoms with van der Waals surface area (Å²) >= 11 is 0. The molecule has 104 valence electrons. The van der Waals surface area contributed by atoms with Crippen molar-refractivity contribution >= 4 is 5.91 Å². The molecule has 1 amide bonds. The van der Waals surface area contributed by atoms with Crippen molar-refractivity contribution in [2.45, 2.75) is 13.3 Å². The molecule has 0 radical (unpaired) electrons. The van der Waals surface area contributed by atoms with Gasteiger partial charge in [-0.2, -0.15) is 0 Å². The highest BCUT2D eigenvalue weighted by molar-refractivity contribution is 5.95. The number of hydrogen-bond donors (Lipinski definition) is 2. The third kappa shape index (κ3) is 3.42. The average Bonchev–Trinajstić information content (AvgIpc) is 2.48. The summed E-state index contributed by atoms with van der Waals surface area (Å²) in [6.07, 6.45) is 0.556. The number of aliphatic hydroxyl groups is 1. The molecule has 20 heavy (non-hydrogen) atoms. The number of pyridine rings is 1. The van der Waals surface area contributed by atoms with E-state index in [1.807, 2.05) is 43.3 Å². The van der Waals surface area contributed by atoms with Gasteiger partial charge in [0.25, 0.3) is 5.91 Å². The van der Waals surface area contributed by atoms with Crippen molar-refractivity contribution < 1.29 is 9.90 Å². The Labute approximate surface area is 118 Å². The summed E-state index contributed by atoms with van der Waals surface area (Å²) in [5.74, 6) is -0.150. The number of aliphatic hydroxyl groups excluding tert-OH is 1. The Hall–Kier alpha value is -2.20. The molecule has 0 aliphatic carbocycles. The topological polar surface area (TPSA) is 62.2 Å². The normalized spacial score (nSPS) is 10.3. The number of rotatable bonds is 5. The van der Waals surface area contributed by atoms with Crippen LogP contribution in [0.3, 0.4) is 0 Å². The number of nitrogens with one attached hydrogen (secondary N) is 1. The van der Waals surface area contributed by atoms with Crippen LogP contribution in [0, 0.1) is 6.92 Å². The molecule has 0 aliphatic rings. The zero-order valence-electron chi connectivity index (χ0n) is 11.5. The van der Waals surface area contributed by atoms with Crippen LogP contribution < -0.4 is 5.32 Å². The average molecular weight is 270 g/mol. The summed E-state index contributed by atoms with van der Waals surface area (Å²) in [5, 5.41) is 11.5. The lowest BCUT2D eigenvalue weighted by atomic mass is 10.1. The Morgan fingerprint density at radius 3 is 2.60 bits per heavy atom. The number of carbonyl (C=O) groups excluding carboxylic acids is 1. The largest absolute Gasteiger partial charge is 0.396 e. The number of nitrogens with zero attached hydrogens (tertiary/aromatic N) is 1. The molecule has 2 rings (SSSR count). The minimum absolute atomic E-state index is 0.0739. The second-order valence-corrected chi connectivity index (χ2v) is 4.53. The Morgan fingerprint density at radius 1 is 1.20 bits per heavy atom. The predicted molar refractivity (Wildman–Crippen MR) is 78.4 cm³/mol. The highest BCUT2D eigenvalue weighted by atomic mass is 16.3. The zero-order chi connectivity index (χ0) is 14.4. The van der Waals surface area contributed by atoms with Crippen LogP contribution in [0.4, 0.5) is 0 Å². The van der Waals surface area contributed by atoms with Gasteiger partial charge in [0.1, 0.15) is 0 Å². The smallest absolute Gasteiger partial charge is 0.253 e. The van der Waals surface area contributed by atoms with Gasteiger partial charge in [0.05, 0.1) is 17.0 Å². The van der Waals surface area contributed by atoms with Crippen LogP contribution in [0.15, 0.2) is 42.5 Å². The second kappa shape index (κ2) is 6.82. The van der Waals surface area contributed by atoms with E-state index in [0.717, 1.165) is 11.3 Å². The number of hydrogen-bond acceptors (Lipinski definition) is 3. The third-order valence-corrected chi connectivity index (χ3v) is 3.02. The van der Waals surface area contributed by atoms with Gasteiger partial charge in [-0.3, -0.25) is 9.78 Å². The molecule has 0 aliphatic heterocycles. The van der Waals surface area contributed by atoms with E-state index in [2.05, 4.69) is 10.3 Å². The van der Waals surface area contributed by atoms with Crippen molar-refractivity contribution in [2.24, 2.45) is 0 Å². The molecule has 1 aromatic heterocycles. The van der Waals surface area contributed by atoms with Gasteiger partial charge in [-0.05, 0) is 25.5 Å². The maximum Gasteiger partial charge on any atom is 0.253 e. The van der Waals surface area contributed by atoms with Crippen molar-refractivity contribution in [3.8, 4) is 11.3 Å². The van der Waals surface area contributed by atoms with Crippen LogP contribution in [0.5, 0.6) is 0 Å². The van der Waals surface area contributed by atoms with Crippen molar-refractivity contribution in [1.82, 2.24) is 10.3 Å². The highest BCUT2D eigenvalue weighted by Crippen LogP contribution is 2.18. The van der Waals surface area contributed by atoms with Crippen LogP contribution in [0.1, 0.15) is 22.5 Å². The minimum atomic E-state index is -0.150. The third-order valence-electron chi connectivity index (χ3n) is 3.02. The van der Waals surface area contributed by atoms with E-state index < -0.39 is 0 Å². The monoisotopic (exact) mass is 270 g/mol. The van der Waals surface area contributed by atoms with E-state index in [-0.39, 0.29) is 12.5 Å². The maximum atomic E-state index is 12.0. The fraction of sp³-hybridized carbons (Fsp3) is 0.250. The summed E-state index contributed by atoms with van der Waals surface area (Å²) in [5.41, 5.74) is 3.16. The fourth-order valence-electron chi connectivity index (χ4n) is 1.95. The zero-order valence-corrected chi connectivity index (χ0v) is 11.5. The Balaban J connectivity index is 2.16. The lowest BCUT2D eigenvalue weighted by molar-refractivity contribution is 0.0950. The lowest BCUT2D eigenvalue weighted by Crippen LogP contribution is -2.26. The first-order chi connectivity index (χ1) is 9.72.